The molecule has 1 aromatic rings. The van der Waals surface area contributed by atoms with Crippen molar-refractivity contribution in [1.82, 2.24) is 4.90 Å². The van der Waals surface area contributed by atoms with Crippen molar-refractivity contribution >= 4 is 11.6 Å². The molecule has 22 heavy (non-hydrogen) atoms. The van der Waals surface area contributed by atoms with Crippen LogP contribution < -0.4 is 4.74 Å². The van der Waals surface area contributed by atoms with E-state index in [9.17, 15) is 0 Å². The molecule has 1 saturated heterocycles. The van der Waals surface area contributed by atoms with Crippen molar-refractivity contribution < 1.29 is 14.2 Å². The zero-order valence-corrected chi connectivity index (χ0v) is 14.4. The SMILES string of the molecule is Cc1ccc(Cl)c(OCCOCCN2C[C@H](C)O[C@@H](C)C2)c1. The molecular formula is C17H26ClNO3. The number of nitrogens with zero attached hydrogens (tertiary/aromatic N) is 1. The summed E-state index contributed by atoms with van der Waals surface area (Å²) in [5.41, 5.74) is 1.14. The van der Waals surface area contributed by atoms with Gasteiger partial charge in [-0.05, 0) is 38.5 Å². The van der Waals surface area contributed by atoms with Gasteiger partial charge < -0.3 is 14.2 Å². The van der Waals surface area contributed by atoms with Crippen LogP contribution in [-0.4, -0.2) is 56.6 Å². The maximum absolute atomic E-state index is 6.08. The highest BCUT2D eigenvalue weighted by Gasteiger charge is 2.21. The highest BCUT2D eigenvalue weighted by Crippen LogP contribution is 2.25. The fourth-order valence-electron chi connectivity index (χ4n) is 2.69. The van der Waals surface area contributed by atoms with E-state index in [4.69, 9.17) is 25.8 Å². The molecule has 2 atom stereocenters. The van der Waals surface area contributed by atoms with Crippen molar-refractivity contribution in [2.24, 2.45) is 0 Å². The van der Waals surface area contributed by atoms with Crippen molar-refractivity contribution in [3.8, 4) is 5.75 Å². The molecule has 0 radical (unpaired) electrons. The van der Waals surface area contributed by atoms with Gasteiger partial charge in [-0.25, -0.2) is 0 Å². The minimum absolute atomic E-state index is 0.301. The fraction of sp³-hybridized carbons (Fsp3) is 0.647. The van der Waals surface area contributed by atoms with Gasteiger partial charge in [-0.2, -0.15) is 0 Å². The van der Waals surface area contributed by atoms with Gasteiger partial charge in [0, 0.05) is 19.6 Å². The van der Waals surface area contributed by atoms with Crippen LogP contribution in [-0.2, 0) is 9.47 Å². The van der Waals surface area contributed by atoms with Gasteiger partial charge in [0.1, 0.15) is 12.4 Å². The zero-order valence-electron chi connectivity index (χ0n) is 13.7. The number of hydrogen-bond donors (Lipinski definition) is 0. The Hall–Kier alpha value is -0.810. The van der Waals surface area contributed by atoms with Crippen LogP contribution in [0.5, 0.6) is 5.75 Å². The highest BCUT2D eigenvalue weighted by molar-refractivity contribution is 6.32. The summed E-state index contributed by atoms with van der Waals surface area (Å²) in [5, 5.41) is 0.641. The van der Waals surface area contributed by atoms with Crippen LogP contribution in [0, 0.1) is 6.92 Å². The third kappa shape index (κ3) is 5.76. The molecular weight excluding hydrogens is 302 g/mol. The summed E-state index contributed by atoms with van der Waals surface area (Å²) in [6.07, 6.45) is 0.603. The predicted octanol–water partition coefficient (Wildman–Crippen LogP) is 3.15. The number of rotatable bonds is 7. The van der Waals surface area contributed by atoms with Crippen LogP contribution in [0.3, 0.4) is 0 Å². The standard InChI is InChI=1S/C17H26ClNO3/c1-13-4-5-16(18)17(10-13)21-9-8-20-7-6-19-11-14(2)22-15(3)12-19/h4-5,10,14-15H,6-9,11-12H2,1-3H3/t14-,15-/m0/s1. The van der Waals surface area contributed by atoms with Crippen LogP contribution in [0.1, 0.15) is 19.4 Å². The second kappa shape index (κ2) is 8.73. The first-order valence-electron chi connectivity index (χ1n) is 7.89. The van der Waals surface area contributed by atoms with Crippen LogP contribution in [0.25, 0.3) is 0 Å². The Bertz CT molecular complexity index is 459. The van der Waals surface area contributed by atoms with Gasteiger partial charge in [0.15, 0.2) is 0 Å². The number of halogens is 1. The highest BCUT2D eigenvalue weighted by atomic mass is 35.5. The van der Waals surface area contributed by atoms with Crippen molar-refractivity contribution in [3.05, 3.63) is 28.8 Å². The quantitative estimate of drug-likeness (QED) is 0.720. The number of morpholine rings is 1. The summed E-state index contributed by atoms with van der Waals surface area (Å²) < 4.78 is 17.0. The predicted molar refractivity (Wildman–Crippen MR) is 89.0 cm³/mol. The van der Waals surface area contributed by atoms with E-state index in [1.807, 2.05) is 25.1 Å². The fourth-order valence-corrected chi connectivity index (χ4v) is 2.87. The Labute approximate surface area is 138 Å². The van der Waals surface area contributed by atoms with Crippen molar-refractivity contribution in [3.63, 3.8) is 0 Å². The van der Waals surface area contributed by atoms with Crippen LogP contribution in [0.15, 0.2) is 18.2 Å². The topological polar surface area (TPSA) is 30.9 Å². The van der Waals surface area contributed by atoms with Crippen molar-refractivity contribution in [2.75, 3.05) is 39.5 Å². The largest absolute Gasteiger partial charge is 0.490 e. The van der Waals surface area contributed by atoms with Gasteiger partial charge in [0.2, 0.25) is 0 Å². The average Bonchev–Trinajstić information content (AvgIpc) is 2.45. The minimum Gasteiger partial charge on any atom is -0.490 e. The molecule has 0 saturated carbocycles. The molecule has 0 aliphatic carbocycles. The molecule has 0 spiro atoms. The average molecular weight is 328 g/mol. The summed E-state index contributed by atoms with van der Waals surface area (Å²) >= 11 is 6.08. The Balaban J connectivity index is 1.58. The van der Waals surface area contributed by atoms with E-state index in [0.29, 0.717) is 37.1 Å². The molecule has 1 aliphatic heterocycles. The third-order valence-electron chi connectivity index (χ3n) is 3.62. The molecule has 0 aromatic heterocycles. The molecule has 1 aromatic carbocycles. The molecule has 124 valence electrons. The van der Waals surface area contributed by atoms with Gasteiger partial charge in [0.25, 0.3) is 0 Å². The van der Waals surface area contributed by atoms with Gasteiger partial charge >= 0.3 is 0 Å². The molecule has 4 nitrogen and oxygen atoms in total. The van der Waals surface area contributed by atoms with E-state index in [-0.39, 0.29) is 0 Å². The Morgan fingerprint density at radius 2 is 1.91 bits per heavy atom. The summed E-state index contributed by atoms with van der Waals surface area (Å²) in [5.74, 6) is 0.723. The lowest BCUT2D eigenvalue weighted by atomic mass is 10.2. The number of benzene rings is 1. The molecule has 5 heteroatoms. The van der Waals surface area contributed by atoms with Crippen LogP contribution >= 0.6 is 11.6 Å². The van der Waals surface area contributed by atoms with Gasteiger partial charge in [0.05, 0.1) is 30.4 Å². The summed E-state index contributed by atoms with van der Waals surface area (Å²) in [7, 11) is 0. The first kappa shape index (κ1) is 17.5. The van der Waals surface area contributed by atoms with E-state index in [0.717, 1.165) is 30.9 Å². The Morgan fingerprint density at radius 1 is 1.18 bits per heavy atom. The molecule has 0 amide bonds. The van der Waals surface area contributed by atoms with Crippen LogP contribution in [0.2, 0.25) is 5.02 Å². The van der Waals surface area contributed by atoms with E-state index >= 15 is 0 Å². The molecule has 2 rings (SSSR count). The first-order chi connectivity index (χ1) is 10.5. The summed E-state index contributed by atoms with van der Waals surface area (Å²) in [6.45, 7) is 10.9. The second-order valence-corrected chi connectivity index (χ2v) is 6.32. The molecule has 1 heterocycles. The smallest absolute Gasteiger partial charge is 0.138 e. The molecule has 0 bridgehead atoms. The maximum Gasteiger partial charge on any atom is 0.138 e. The molecule has 0 N–H and O–H groups in total. The molecule has 1 aliphatic rings. The van der Waals surface area contributed by atoms with Gasteiger partial charge in [-0.15, -0.1) is 0 Å². The van der Waals surface area contributed by atoms with E-state index < -0.39 is 0 Å². The van der Waals surface area contributed by atoms with Crippen molar-refractivity contribution in [1.29, 1.82) is 0 Å². The Kier molecular flexibility index (Phi) is 6.96. The van der Waals surface area contributed by atoms with E-state index in [1.165, 1.54) is 0 Å². The lowest BCUT2D eigenvalue weighted by Crippen LogP contribution is -2.46. The number of hydrogen-bond acceptors (Lipinski definition) is 4. The van der Waals surface area contributed by atoms with Crippen LogP contribution in [0.4, 0.5) is 0 Å². The minimum atomic E-state index is 0.301. The lowest BCUT2D eigenvalue weighted by Gasteiger charge is -2.35. The maximum atomic E-state index is 6.08. The second-order valence-electron chi connectivity index (χ2n) is 5.91. The number of ether oxygens (including phenoxy) is 3. The monoisotopic (exact) mass is 327 g/mol. The molecule has 0 unspecified atom stereocenters. The van der Waals surface area contributed by atoms with Gasteiger partial charge in [-0.1, -0.05) is 17.7 Å². The summed E-state index contributed by atoms with van der Waals surface area (Å²) in [6, 6.07) is 5.77. The zero-order chi connectivity index (χ0) is 15.9. The molecule has 1 fully saturated rings. The Morgan fingerprint density at radius 3 is 2.64 bits per heavy atom. The third-order valence-corrected chi connectivity index (χ3v) is 3.93. The lowest BCUT2D eigenvalue weighted by molar-refractivity contribution is -0.0734. The number of aryl methyl sites for hydroxylation is 1. The van der Waals surface area contributed by atoms with E-state index in [1.54, 1.807) is 0 Å². The van der Waals surface area contributed by atoms with Gasteiger partial charge in [-0.3, -0.25) is 4.90 Å². The van der Waals surface area contributed by atoms with E-state index in [2.05, 4.69) is 18.7 Å². The summed E-state index contributed by atoms with van der Waals surface area (Å²) in [4.78, 5) is 2.39. The normalized spacial score (nSPS) is 22.7. The first-order valence-corrected chi connectivity index (χ1v) is 8.27. The van der Waals surface area contributed by atoms with Crippen molar-refractivity contribution in [2.45, 2.75) is 33.0 Å².